The third-order valence-corrected chi connectivity index (χ3v) is 5.26. The van der Waals surface area contributed by atoms with E-state index in [-0.39, 0.29) is 12.4 Å². The summed E-state index contributed by atoms with van der Waals surface area (Å²) in [6, 6.07) is 16.6. The van der Waals surface area contributed by atoms with Crippen LogP contribution in [0.4, 0.5) is 5.69 Å². The van der Waals surface area contributed by atoms with Gasteiger partial charge in [0.05, 0.1) is 17.1 Å². The summed E-state index contributed by atoms with van der Waals surface area (Å²) in [4.78, 5) is 26.5. The second-order valence-electron chi connectivity index (χ2n) is 6.42. The molecule has 6 heteroatoms. The van der Waals surface area contributed by atoms with Crippen molar-refractivity contribution in [2.45, 2.75) is 12.1 Å². The zero-order chi connectivity index (χ0) is 19.0. The highest BCUT2D eigenvalue weighted by Crippen LogP contribution is 2.40. The topological polar surface area (TPSA) is 70.7 Å². The molecular formula is C21H16ClNO4. The molecule has 1 unspecified atom stereocenters. The Morgan fingerprint density at radius 1 is 1.11 bits per heavy atom. The highest BCUT2D eigenvalue weighted by molar-refractivity contribution is 6.22. The van der Waals surface area contributed by atoms with Crippen molar-refractivity contribution >= 4 is 40.3 Å². The van der Waals surface area contributed by atoms with Gasteiger partial charge in [0, 0.05) is 11.9 Å². The van der Waals surface area contributed by atoms with E-state index in [1.807, 2.05) is 42.5 Å². The average Bonchev–Trinajstić information content (AvgIpc) is 2.69. The van der Waals surface area contributed by atoms with Crippen molar-refractivity contribution in [3.63, 3.8) is 0 Å². The fourth-order valence-corrected chi connectivity index (χ4v) is 3.79. The first-order valence-corrected chi connectivity index (χ1v) is 8.96. The first-order chi connectivity index (χ1) is 13.1. The minimum absolute atomic E-state index is 0.167. The zero-order valence-corrected chi connectivity index (χ0v) is 15.0. The number of benzene rings is 2. The number of para-hydroxylation sites is 1. The molecule has 0 radical (unpaired) electrons. The van der Waals surface area contributed by atoms with Gasteiger partial charge in [-0.15, -0.1) is 11.6 Å². The van der Waals surface area contributed by atoms with E-state index in [4.69, 9.17) is 16.0 Å². The molecule has 1 aliphatic rings. The maximum Gasteiger partial charge on any atom is 0.345 e. The van der Waals surface area contributed by atoms with Crippen molar-refractivity contribution in [2.75, 3.05) is 10.8 Å². The average molecular weight is 382 g/mol. The Labute approximate surface area is 160 Å². The number of anilines is 1. The van der Waals surface area contributed by atoms with Crippen LogP contribution in [0.1, 0.15) is 11.1 Å². The number of fused-ring (bicyclic) bond motifs is 3. The number of aliphatic carboxylic acids is 1. The van der Waals surface area contributed by atoms with Gasteiger partial charge in [0.2, 0.25) is 0 Å². The van der Waals surface area contributed by atoms with Crippen molar-refractivity contribution in [3.05, 3.63) is 82.2 Å². The van der Waals surface area contributed by atoms with Crippen LogP contribution in [0, 0.1) is 0 Å². The molecule has 0 aliphatic carbocycles. The van der Waals surface area contributed by atoms with Crippen LogP contribution in [-0.4, -0.2) is 22.5 Å². The summed E-state index contributed by atoms with van der Waals surface area (Å²) in [5.41, 5.74) is 0.186. The van der Waals surface area contributed by atoms with Gasteiger partial charge in [0.15, 0.2) is 5.54 Å². The molecule has 4 rings (SSSR count). The molecule has 136 valence electrons. The SMILES string of the molecule is O=C(O)C1(CCl)C=Cc2c(c3ccccc3oc2=O)N1Cc1ccccc1. The molecule has 3 aromatic rings. The van der Waals surface area contributed by atoms with E-state index in [0.29, 0.717) is 22.2 Å². The summed E-state index contributed by atoms with van der Waals surface area (Å²) in [6.07, 6.45) is 2.98. The van der Waals surface area contributed by atoms with Crippen LogP contribution in [0.2, 0.25) is 0 Å². The largest absolute Gasteiger partial charge is 0.479 e. The number of alkyl halides is 1. The van der Waals surface area contributed by atoms with E-state index in [0.717, 1.165) is 5.56 Å². The van der Waals surface area contributed by atoms with Crippen LogP contribution < -0.4 is 10.5 Å². The Morgan fingerprint density at radius 3 is 2.52 bits per heavy atom. The summed E-state index contributed by atoms with van der Waals surface area (Å²) in [7, 11) is 0. The van der Waals surface area contributed by atoms with E-state index in [1.165, 1.54) is 12.2 Å². The summed E-state index contributed by atoms with van der Waals surface area (Å²) in [5.74, 6) is -1.24. The normalized spacial score (nSPS) is 18.5. The molecule has 0 amide bonds. The van der Waals surface area contributed by atoms with E-state index in [2.05, 4.69) is 0 Å². The van der Waals surface area contributed by atoms with Crippen molar-refractivity contribution < 1.29 is 14.3 Å². The summed E-state index contributed by atoms with van der Waals surface area (Å²) >= 11 is 6.18. The van der Waals surface area contributed by atoms with Crippen molar-refractivity contribution in [1.29, 1.82) is 0 Å². The molecule has 27 heavy (non-hydrogen) atoms. The van der Waals surface area contributed by atoms with Crippen LogP contribution in [0.5, 0.6) is 0 Å². The molecule has 2 heterocycles. The molecule has 0 saturated carbocycles. The quantitative estimate of drug-likeness (QED) is 0.548. The molecule has 0 saturated heterocycles. The van der Waals surface area contributed by atoms with Crippen LogP contribution in [-0.2, 0) is 11.3 Å². The van der Waals surface area contributed by atoms with Gasteiger partial charge in [-0.05, 0) is 29.8 Å². The highest BCUT2D eigenvalue weighted by atomic mass is 35.5. The molecule has 2 aromatic carbocycles. The van der Waals surface area contributed by atoms with Gasteiger partial charge in [0.25, 0.3) is 0 Å². The van der Waals surface area contributed by atoms with E-state index in [9.17, 15) is 14.7 Å². The van der Waals surface area contributed by atoms with Gasteiger partial charge >= 0.3 is 11.6 Å². The summed E-state index contributed by atoms with van der Waals surface area (Å²) < 4.78 is 5.41. The van der Waals surface area contributed by atoms with Crippen LogP contribution in [0.3, 0.4) is 0 Å². The number of hydrogen-bond acceptors (Lipinski definition) is 4. The third-order valence-electron chi connectivity index (χ3n) is 4.85. The fourth-order valence-electron chi connectivity index (χ4n) is 3.44. The Balaban J connectivity index is 2.03. The number of carboxylic acid groups (broad SMARTS) is 1. The van der Waals surface area contributed by atoms with Gasteiger partial charge in [-0.1, -0.05) is 42.5 Å². The van der Waals surface area contributed by atoms with Gasteiger partial charge in [-0.3, -0.25) is 0 Å². The van der Waals surface area contributed by atoms with Crippen molar-refractivity contribution in [2.24, 2.45) is 0 Å². The second kappa shape index (κ2) is 6.59. The molecule has 1 atom stereocenters. The molecule has 5 nitrogen and oxygen atoms in total. The lowest BCUT2D eigenvalue weighted by molar-refractivity contribution is -0.140. The van der Waals surface area contributed by atoms with E-state index < -0.39 is 17.1 Å². The number of hydrogen-bond donors (Lipinski definition) is 1. The molecule has 1 aromatic heterocycles. The van der Waals surface area contributed by atoms with E-state index in [1.54, 1.807) is 17.0 Å². The molecule has 0 spiro atoms. The Hall–Kier alpha value is -3.05. The summed E-state index contributed by atoms with van der Waals surface area (Å²) in [5, 5.41) is 10.7. The number of nitrogens with zero attached hydrogens (tertiary/aromatic N) is 1. The lowest BCUT2D eigenvalue weighted by Crippen LogP contribution is -2.56. The number of carbonyl (C=O) groups is 1. The van der Waals surface area contributed by atoms with Gasteiger partial charge in [-0.2, -0.15) is 0 Å². The standard InChI is InChI=1S/C21H16ClNO4/c22-13-21(20(25)26)11-10-16-18(23(21)12-14-6-2-1-3-7-14)15-8-4-5-9-17(15)27-19(16)24/h1-11H,12-13H2,(H,25,26). The van der Waals surface area contributed by atoms with Gasteiger partial charge in [0.1, 0.15) is 5.58 Å². The lowest BCUT2D eigenvalue weighted by atomic mass is 9.90. The predicted octanol–water partition coefficient (Wildman–Crippen LogP) is 3.89. The molecular weight excluding hydrogens is 366 g/mol. The third kappa shape index (κ3) is 2.71. The second-order valence-corrected chi connectivity index (χ2v) is 6.68. The maximum atomic E-state index is 12.5. The molecule has 1 aliphatic heterocycles. The van der Waals surface area contributed by atoms with Gasteiger partial charge < -0.3 is 14.4 Å². The first kappa shape index (κ1) is 17.4. The molecule has 0 fully saturated rings. The predicted molar refractivity (Wildman–Crippen MR) is 105 cm³/mol. The van der Waals surface area contributed by atoms with Crippen LogP contribution >= 0.6 is 11.6 Å². The molecule has 0 bridgehead atoms. The van der Waals surface area contributed by atoms with Crippen molar-refractivity contribution in [1.82, 2.24) is 0 Å². The van der Waals surface area contributed by atoms with Gasteiger partial charge in [-0.25, -0.2) is 9.59 Å². The highest BCUT2D eigenvalue weighted by Gasteiger charge is 2.45. The smallest absolute Gasteiger partial charge is 0.345 e. The van der Waals surface area contributed by atoms with Crippen LogP contribution in [0.15, 0.2) is 69.9 Å². The monoisotopic (exact) mass is 381 g/mol. The molecule has 1 N–H and O–H groups in total. The number of carboxylic acids is 1. The minimum Gasteiger partial charge on any atom is -0.479 e. The fraction of sp³-hybridized carbons (Fsp3) is 0.143. The lowest BCUT2D eigenvalue weighted by Gasteiger charge is -2.42. The Morgan fingerprint density at radius 2 is 1.81 bits per heavy atom. The number of halogens is 1. The minimum atomic E-state index is -1.47. The van der Waals surface area contributed by atoms with Crippen molar-refractivity contribution in [3.8, 4) is 0 Å². The first-order valence-electron chi connectivity index (χ1n) is 8.43. The Kier molecular flexibility index (Phi) is 4.24. The summed E-state index contributed by atoms with van der Waals surface area (Å²) in [6.45, 7) is 0.282. The zero-order valence-electron chi connectivity index (χ0n) is 14.3. The Bertz CT molecular complexity index is 1110. The number of rotatable bonds is 4. The maximum absolute atomic E-state index is 12.5. The van der Waals surface area contributed by atoms with E-state index >= 15 is 0 Å². The van der Waals surface area contributed by atoms with Crippen LogP contribution in [0.25, 0.3) is 17.0 Å².